The molecule has 0 spiro atoms. The fourth-order valence-corrected chi connectivity index (χ4v) is 4.47. The Morgan fingerprint density at radius 1 is 1.19 bits per heavy atom. The number of hydrazone groups is 1. The fourth-order valence-electron chi connectivity index (χ4n) is 4.11. The average molecular weight is 500 g/mol. The molecular formula is C25H30BrN3O3. The topological polar surface area (TPSA) is 63.2 Å². The summed E-state index contributed by atoms with van der Waals surface area (Å²) in [5.74, 6) is 0.823. The van der Waals surface area contributed by atoms with Crippen LogP contribution in [0.25, 0.3) is 5.57 Å². The molecule has 0 radical (unpaired) electrons. The van der Waals surface area contributed by atoms with E-state index < -0.39 is 0 Å². The summed E-state index contributed by atoms with van der Waals surface area (Å²) in [6, 6.07) is 9.36. The first-order valence-electron chi connectivity index (χ1n) is 10.6. The van der Waals surface area contributed by atoms with Crippen molar-refractivity contribution < 1.29 is 14.3 Å². The molecule has 2 aromatic rings. The molecule has 0 aromatic heterocycles. The van der Waals surface area contributed by atoms with E-state index in [0.29, 0.717) is 17.1 Å². The predicted molar refractivity (Wildman–Crippen MR) is 134 cm³/mol. The van der Waals surface area contributed by atoms with Crippen molar-refractivity contribution in [2.75, 3.05) is 25.7 Å². The number of carbonyl (C=O) groups is 1. The van der Waals surface area contributed by atoms with E-state index in [1.54, 1.807) is 25.5 Å². The van der Waals surface area contributed by atoms with Crippen molar-refractivity contribution in [2.24, 2.45) is 5.10 Å². The third kappa shape index (κ3) is 4.83. The van der Waals surface area contributed by atoms with E-state index in [-0.39, 0.29) is 11.4 Å². The van der Waals surface area contributed by atoms with Crippen molar-refractivity contribution in [1.82, 2.24) is 5.43 Å². The number of benzene rings is 2. The number of hydrogen-bond acceptors (Lipinski definition) is 5. The molecule has 1 heterocycles. The fraction of sp³-hybridized carbons (Fsp3) is 0.360. The lowest BCUT2D eigenvalue weighted by Crippen LogP contribution is -2.45. The molecule has 0 saturated heterocycles. The monoisotopic (exact) mass is 499 g/mol. The Labute approximate surface area is 198 Å². The second-order valence-corrected chi connectivity index (χ2v) is 9.20. The molecule has 0 unspecified atom stereocenters. The van der Waals surface area contributed by atoms with Crippen LogP contribution >= 0.6 is 15.9 Å². The van der Waals surface area contributed by atoms with E-state index in [0.717, 1.165) is 34.3 Å². The summed E-state index contributed by atoms with van der Waals surface area (Å²) >= 11 is 3.38. The number of nitrogens with one attached hydrogen (secondary N) is 1. The van der Waals surface area contributed by atoms with Crippen LogP contribution in [0.4, 0.5) is 5.69 Å². The summed E-state index contributed by atoms with van der Waals surface area (Å²) in [7, 11) is 3.17. The number of carbonyl (C=O) groups excluding carboxylic acids is 1. The molecule has 2 aromatic carbocycles. The van der Waals surface area contributed by atoms with Gasteiger partial charge in [0.05, 0.1) is 31.5 Å². The zero-order valence-corrected chi connectivity index (χ0v) is 21.0. The van der Waals surface area contributed by atoms with Gasteiger partial charge in [-0.1, -0.05) is 28.9 Å². The summed E-state index contributed by atoms with van der Waals surface area (Å²) in [5, 5.41) is 4.18. The Hall–Kier alpha value is -2.80. The van der Waals surface area contributed by atoms with E-state index in [1.807, 2.05) is 6.07 Å². The van der Waals surface area contributed by atoms with Crippen LogP contribution in [0.2, 0.25) is 0 Å². The average Bonchev–Trinajstić information content (AvgIpc) is 2.75. The Morgan fingerprint density at radius 2 is 1.91 bits per heavy atom. The van der Waals surface area contributed by atoms with Gasteiger partial charge in [0.2, 0.25) is 0 Å². The number of methoxy groups -OCH3 is 2. The number of nitrogens with zero attached hydrogens (tertiary/aromatic N) is 2. The number of hydrogen-bond donors (Lipinski definition) is 1. The molecule has 0 saturated carbocycles. The van der Waals surface area contributed by atoms with Crippen molar-refractivity contribution in [3.8, 4) is 11.5 Å². The van der Waals surface area contributed by atoms with Crippen LogP contribution in [0.15, 0.2) is 46.0 Å². The number of rotatable bonds is 7. The minimum atomic E-state index is -0.358. The lowest BCUT2D eigenvalue weighted by atomic mass is 9.87. The molecule has 0 aliphatic carbocycles. The highest BCUT2D eigenvalue weighted by atomic mass is 79.9. The minimum Gasteiger partial charge on any atom is -0.496 e. The van der Waals surface area contributed by atoms with Crippen molar-refractivity contribution in [3.05, 3.63) is 57.6 Å². The van der Waals surface area contributed by atoms with Crippen molar-refractivity contribution in [2.45, 2.75) is 39.7 Å². The van der Waals surface area contributed by atoms with Crippen LogP contribution in [0.5, 0.6) is 11.5 Å². The van der Waals surface area contributed by atoms with E-state index in [2.05, 4.69) is 77.3 Å². The van der Waals surface area contributed by atoms with Crippen LogP contribution in [-0.4, -0.2) is 38.4 Å². The van der Waals surface area contributed by atoms with E-state index in [1.165, 1.54) is 12.7 Å². The van der Waals surface area contributed by atoms with E-state index in [4.69, 9.17) is 9.47 Å². The lowest BCUT2D eigenvalue weighted by Gasteiger charge is -2.43. The normalized spacial score (nSPS) is 14.7. The molecule has 1 N–H and O–H groups in total. The van der Waals surface area contributed by atoms with Gasteiger partial charge in [0, 0.05) is 33.9 Å². The molecule has 1 aliphatic heterocycles. The van der Waals surface area contributed by atoms with Crippen LogP contribution in [0.1, 0.15) is 55.6 Å². The number of halogens is 1. The summed E-state index contributed by atoms with van der Waals surface area (Å²) in [6.45, 7) is 9.71. The molecule has 170 valence electrons. The van der Waals surface area contributed by atoms with Gasteiger partial charge >= 0.3 is 0 Å². The molecule has 1 amide bonds. The lowest BCUT2D eigenvalue weighted by molar-refractivity contribution is 0.0952. The quantitative estimate of drug-likeness (QED) is 0.395. The highest BCUT2D eigenvalue weighted by Crippen LogP contribution is 2.41. The Kier molecular flexibility index (Phi) is 7.29. The third-order valence-corrected chi connectivity index (χ3v) is 6.05. The van der Waals surface area contributed by atoms with Crippen LogP contribution in [0.3, 0.4) is 0 Å². The van der Waals surface area contributed by atoms with Crippen LogP contribution in [0, 0.1) is 0 Å². The molecule has 0 atom stereocenters. The summed E-state index contributed by atoms with van der Waals surface area (Å²) in [4.78, 5) is 15.0. The maximum atomic E-state index is 12.6. The van der Waals surface area contributed by atoms with Crippen molar-refractivity contribution >= 4 is 39.3 Å². The van der Waals surface area contributed by atoms with Gasteiger partial charge in [-0.05, 0) is 57.0 Å². The first-order valence-corrected chi connectivity index (χ1v) is 11.4. The summed E-state index contributed by atoms with van der Waals surface area (Å²) < 4.78 is 11.7. The largest absolute Gasteiger partial charge is 0.496 e. The first-order chi connectivity index (χ1) is 15.2. The second-order valence-electron chi connectivity index (χ2n) is 8.29. The number of allylic oxidation sites excluding steroid dienone is 1. The molecule has 6 nitrogen and oxygen atoms in total. The third-order valence-electron chi connectivity index (χ3n) is 5.55. The van der Waals surface area contributed by atoms with Gasteiger partial charge in [0.15, 0.2) is 0 Å². The number of amides is 1. The van der Waals surface area contributed by atoms with Gasteiger partial charge in [-0.25, -0.2) is 5.43 Å². The first kappa shape index (κ1) is 23.9. The Morgan fingerprint density at radius 3 is 2.56 bits per heavy atom. The highest BCUT2D eigenvalue weighted by molar-refractivity contribution is 9.10. The molecule has 3 rings (SSSR count). The molecule has 0 fully saturated rings. The Balaban J connectivity index is 1.91. The van der Waals surface area contributed by atoms with Crippen LogP contribution in [-0.2, 0) is 0 Å². The zero-order chi connectivity index (χ0) is 23.5. The van der Waals surface area contributed by atoms with Gasteiger partial charge in [-0.15, -0.1) is 0 Å². The van der Waals surface area contributed by atoms with Crippen molar-refractivity contribution in [1.29, 1.82) is 0 Å². The standard InChI is InChI=1S/C25H30BrN3O3/c1-7-10-29-21-13-23(32-6)17(11-19(21)16(2)14-25(29,3)4)15-27-28-24(30)20-12-18(26)8-9-22(20)31-5/h8-9,11-15H,7,10H2,1-6H3,(H,28,30)/b27-15-. The van der Waals surface area contributed by atoms with Gasteiger partial charge in [-0.2, -0.15) is 5.10 Å². The maximum absolute atomic E-state index is 12.6. The summed E-state index contributed by atoms with van der Waals surface area (Å²) in [5.41, 5.74) is 7.18. The van der Waals surface area contributed by atoms with Gasteiger partial charge < -0.3 is 14.4 Å². The maximum Gasteiger partial charge on any atom is 0.275 e. The second kappa shape index (κ2) is 9.77. The van der Waals surface area contributed by atoms with Crippen LogP contribution < -0.4 is 19.8 Å². The van der Waals surface area contributed by atoms with Gasteiger partial charge in [0.25, 0.3) is 5.91 Å². The van der Waals surface area contributed by atoms with E-state index in [9.17, 15) is 4.79 Å². The SMILES string of the molecule is CCCN1c2cc(OC)c(/C=N\NC(=O)c3cc(Br)ccc3OC)cc2C(C)=CC1(C)C. The number of anilines is 1. The molecule has 0 bridgehead atoms. The smallest absolute Gasteiger partial charge is 0.275 e. The van der Waals surface area contributed by atoms with Gasteiger partial charge in [0.1, 0.15) is 11.5 Å². The number of fused-ring (bicyclic) bond motifs is 1. The molecule has 1 aliphatic rings. The summed E-state index contributed by atoms with van der Waals surface area (Å²) in [6.07, 6.45) is 4.95. The van der Waals surface area contributed by atoms with Gasteiger partial charge in [-0.3, -0.25) is 4.79 Å². The Bertz CT molecular complexity index is 1080. The minimum absolute atomic E-state index is 0.0787. The molecule has 7 heteroatoms. The van der Waals surface area contributed by atoms with Crippen molar-refractivity contribution in [3.63, 3.8) is 0 Å². The zero-order valence-electron chi connectivity index (χ0n) is 19.5. The van der Waals surface area contributed by atoms with E-state index >= 15 is 0 Å². The predicted octanol–water partition coefficient (Wildman–Crippen LogP) is 5.64. The highest BCUT2D eigenvalue weighted by Gasteiger charge is 2.31. The molecule has 32 heavy (non-hydrogen) atoms. The molecular weight excluding hydrogens is 470 g/mol. The number of ether oxygens (including phenoxy) is 2.